The Hall–Kier alpha value is -1.53. The second kappa shape index (κ2) is 8.03. The first-order chi connectivity index (χ1) is 11.3. The van der Waals surface area contributed by atoms with Gasteiger partial charge in [0.05, 0.1) is 5.88 Å². The first kappa shape index (κ1) is 18.8. The summed E-state index contributed by atoms with van der Waals surface area (Å²) in [5.74, 6) is 1.15. The van der Waals surface area contributed by atoms with E-state index in [1.807, 2.05) is 18.2 Å². The predicted octanol–water partition coefficient (Wildman–Crippen LogP) is 2.15. The zero-order chi connectivity index (χ0) is 17.7. The van der Waals surface area contributed by atoms with Crippen molar-refractivity contribution in [2.24, 2.45) is 0 Å². The molecule has 1 aromatic carbocycles. The van der Waals surface area contributed by atoms with Crippen LogP contribution in [0, 0.1) is 0 Å². The third kappa shape index (κ3) is 4.98. The highest BCUT2D eigenvalue weighted by atomic mass is 32.2. The third-order valence-electron chi connectivity index (χ3n) is 4.20. The molecule has 2 atom stereocenters. The minimum atomic E-state index is -0.352. The Balaban J connectivity index is 1.87. The second-order valence-corrected chi connectivity index (χ2v) is 7.88. The van der Waals surface area contributed by atoms with Gasteiger partial charge in [-0.1, -0.05) is 30.3 Å². The topological polar surface area (TPSA) is 61.4 Å². The first-order valence-corrected chi connectivity index (χ1v) is 9.41. The Morgan fingerprint density at radius 3 is 2.62 bits per heavy atom. The highest BCUT2D eigenvalue weighted by Gasteiger charge is 2.33. The highest BCUT2D eigenvalue weighted by Crippen LogP contribution is 2.21. The number of hydrogen-bond acceptors (Lipinski definition) is 4. The summed E-state index contributed by atoms with van der Waals surface area (Å²) in [6, 6.07) is 10.1. The molecule has 0 saturated carbocycles. The van der Waals surface area contributed by atoms with Crippen LogP contribution >= 0.6 is 11.8 Å². The first-order valence-electron chi connectivity index (χ1n) is 8.25. The number of thioether (sulfide) groups is 1. The Kier molecular flexibility index (Phi) is 6.29. The summed E-state index contributed by atoms with van der Waals surface area (Å²) in [6.45, 7) is 8.27. The van der Waals surface area contributed by atoms with Crippen LogP contribution in [0.3, 0.4) is 0 Å². The van der Waals surface area contributed by atoms with Crippen molar-refractivity contribution in [3.8, 4) is 0 Å². The Bertz CT molecular complexity index is 577. The van der Waals surface area contributed by atoms with Crippen molar-refractivity contribution in [2.45, 2.75) is 45.3 Å². The number of carbonyl (C=O) groups is 2. The molecule has 1 aliphatic rings. The van der Waals surface area contributed by atoms with Gasteiger partial charge < -0.3 is 15.5 Å². The van der Waals surface area contributed by atoms with E-state index in [0.29, 0.717) is 18.2 Å². The molecule has 0 aromatic heterocycles. The number of carbonyl (C=O) groups excluding carboxylic acids is 2. The fourth-order valence-electron chi connectivity index (χ4n) is 2.86. The van der Waals surface area contributed by atoms with Gasteiger partial charge in [-0.3, -0.25) is 9.59 Å². The summed E-state index contributed by atoms with van der Waals surface area (Å²) < 4.78 is 0. The number of benzene rings is 1. The molecule has 6 heteroatoms. The number of hydrogen-bond donors (Lipinski definition) is 2. The van der Waals surface area contributed by atoms with Crippen LogP contribution in [-0.4, -0.2) is 46.5 Å². The van der Waals surface area contributed by atoms with Crippen molar-refractivity contribution in [3.05, 3.63) is 35.9 Å². The van der Waals surface area contributed by atoms with Gasteiger partial charge in [-0.05, 0) is 26.3 Å². The average molecular weight is 350 g/mol. The molecule has 5 nitrogen and oxygen atoms in total. The maximum atomic E-state index is 12.4. The summed E-state index contributed by atoms with van der Waals surface area (Å²) in [5.41, 5.74) is 0.962. The number of amides is 2. The van der Waals surface area contributed by atoms with Gasteiger partial charge in [0.25, 0.3) is 0 Å². The van der Waals surface area contributed by atoms with Crippen LogP contribution in [0.15, 0.2) is 30.3 Å². The molecule has 2 rings (SSSR count). The molecule has 132 valence electrons. The van der Waals surface area contributed by atoms with E-state index in [-0.39, 0.29) is 29.4 Å². The van der Waals surface area contributed by atoms with Crippen molar-refractivity contribution in [3.63, 3.8) is 0 Å². The van der Waals surface area contributed by atoms with Gasteiger partial charge in [0, 0.05) is 30.8 Å². The molecule has 1 aliphatic heterocycles. The minimum Gasteiger partial charge on any atom is -0.352 e. The van der Waals surface area contributed by atoms with Crippen molar-refractivity contribution in [1.29, 1.82) is 0 Å². The zero-order valence-electron chi connectivity index (χ0n) is 14.8. The number of nitrogens with zero attached hydrogens (tertiary/aromatic N) is 1. The van der Waals surface area contributed by atoms with Crippen LogP contribution in [0.25, 0.3) is 0 Å². The maximum Gasteiger partial charge on any atom is 0.243 e. The van der Waals surface area contributed by atoms with E-state index >= 15 is 0 Å². The molecule has 0 bridgehead atoms. The lowest BCUT2D eigenvalue weighted by Crippen LogP contribution is -2.54. The second-order valence-electron chi connectivity index (χ2n) is 6.88. The van der Waals surface area contributed by atoms with Crippen molar-refractivity contribution in [2.75, 3.05) is 18.2 Å². The lowest BCUT2D eigenvalue weighted by molar-refractivity contribution is -0.136. The van der Waals surface area contributed by atoms with E-state index in [1.54, 1.807) is 16.7 Å². The minimum absolute atomic E-state index is 0.0461. The molecule has 0 aliphatic carbocycles. The Morgan fingerprint density at radius 2 is 2.00 bits per heavy atom. The molecule has 2 N–H and O–H groups in total. The standard InChI is InChI=1S/C18H27N3O2S/c1-13(15-8-6-5-7-9-15)20-18(3,4)11-19-17(23)16-10-24-12-21(16)14(2)22/h5-9,13,16,20H,10-12H2,1-4H3,(H,19,23). The van der Waals surface area contributed by atoms with E-state index in [4.69, 9.17) is 0 Å². The fourth-order valence-corrected chi connectivity index (χ4v) is 4.08. The van der Waals surface area contributed by atoms with Gasteiger partial charge in [0.2, 0.25) is 11.8 Å². The molecule has 1 aromatic rings. The highest BCUT2D eigenvalue weighted by molar-refractivity contribution is 7.99. The van der Waals surface area contributed by atoms with Gasteiger partial charge >= 0.3 is 0 Å². The number of nitrogens with one attached hydrogen (secondary N) is 2. The lowest BCUT2D eigenvalue weighted by atomic mass is 10.0. The lowest BCUT2D eigenvalue weighted by Gasteiger charge is -2.32. The van der Waals surface area contributed by atoms with E-state index in [9.17, 15) is 9.59 Å². The molecule has 0 radical (unpaired) electrons. The van der Waals surface area contributed by atoms with Gasteiger partial charge in [0.1, 0.15) is 6.04 Å². The van der Waals surface area contributed by atoms with E-state index in [1.165, 1.54) is 12.5 Å². The van der Waals surface area contributed by atoms with Crippen molar-refractivity contribution >= 4 is 23.6 Å². The summed E-state index contributed by atoms with van der Waals surface area (Å²) in [6.07, 6.45) is 0. The van der Waals surface area contributed by atoms with Crippen LogP contribution in [0.5, 0.6) is 0 Å². The number of rotatable bonds is 6. The van der Waals surface area contributed by atoms with E-state index in [2.05, 4.69) is 43.5 Å². The summed E-state index contributed by atoms with van der Waals surface area (Å²) in [4.78, 5) is 25.6. The monoisotopic (exact) mass is 349 g/mol. The van der Waals surface area contributed by atoms with Gasteiger partial charge in [-0.15, -0.1) is 11.8 Å². The van der Waals surface area contributed by atoms with E-state index < -0.39 is 0 Å². The van der Waals surface area contributed by atoms with Crippen LogP contribution in [-0.2, 0) is 9.59 Å². The third-order valence-corrected chi connectivity index (χ3v) is 5.21. The fraction of sp³-hybridized carbons (Fsp3) is 0.556. The molecule has 1 saturated heterocycles. The summed E-state index contributed by atoms with van der Waals surface area (Å²) in [7, 11) is 0. The smallest absolute Gasteiger partial charge is 0.243 e. The SMILES string of the molecule is CC(=O)N1CSCC1C(=O)NCC(C)(C)NC(C)c1ccccc1. The average Bonchev–Trinajstić information content (AvgIpc) is 3.03. The molecule has 1 fully saturated rings. The molecular formula is C18H27N3O2S. The van der Waals surface area contributed by atoms with Crippen LogP contribution in [0.4, 0.5) is 0 Å². The molecule has 1 heterocycles. The van der Waals surface area contributed by atoms with Crippen molar-refractivity contribution < 1.29 is 9.59 Å². The molecule has 0 spiro atoms. The molecule has 2 amide bonds. The van der Waals surface area contributed by atoms with Gasteiger partial charge in [-0.25, -0.2) is 0 Å². The zero-order valence-corrected chi connectivity index (χ0v) is 15.7. The normalized spacial score (nSPS) is 19.2. The maximum absolute atomic E-state index is 12.4. The summed E-state index contributed by atoms with van der Waals surface area (Å²) in [5, 5.41) is 6.55. The molecule has 24 heavy (non-hydrogen) atoms. The molecule has 2 unspecified atom stereocenters. The van der Waals surface area contributed by atoms with Gasteiger partial charge in [-0.2, -0.15) is 0 Å². The summed E-state index contributed by atoms with van der Waals surface area (Å²) >= 11 is 1.62. The molecular weight excluding hydrogens is 322 g/mol. The predicted molar refractivity (Wildman–Crippen MR) is 98.7 cm³/mol. The van der Waals surface area contributed by atoms with Crippen molar-refractivity contribution in [1.82, 2.24) is 15.5 Å². The largest absolute Gasteiger partial charge is 0.352 e. The quantitative estimate of drug-likeness (QED) is 0.826. The van der Waals surface area contributed by atoms with E-state index in [0.717, 1.165) is 0 Å². The van der Waals surface area contributed by atoms with Crippen LogP contribution in [0.2, 0.25) is 0 Å². The van der Waals surface area contributed by atoms with Crippen LogP contribution < -0.4 is 10.6 Å². The van der Waals surface area contributed by atoms with Crippen LogP contribution in [0.1, 0.15) is 39.3 Å². The Labute approximate surface area is 148 Å². The Morgan fingerprint density at radius 1 is 1.33 bits per heavy atom. The van der Waals surface area contributed by atoms with Gasteiger partial charge in [0.15, 0.2) is 0 Å².